The van der Waals surface area contributed by atoms with Crippen LogP contribution in [0.3, 0.4) is 0 Å². The van der Waals surface area contributed by atoms with E-state index < -0.39 is 11.0 Å². The van der Waals surface area contributed by atoms with Gasteiger partial charge in [0, 0.05) is 12.5 Å². The van der Waals surface area contributed by atoms with Crippen LogP contribution in [0.5, 0.6) is 0 Å². The van der Waals surface area contributed by atoms with Crippen molar-refractivity contribution in [3.05, 3.63) is 0 Å². The Bertz CT molecular complexity index is 185. The molecule has 0 aliphatic carbocycles. The molecule has 1 fully saturated rings. The van der Waals surface area contributed by atoms with Crippen LogP contribution in [0.25, 0.3) is 0 Å². The van der Waals surface area contributed by atoms with Crippen molar-refractivity contribution in [3.63, 3.8) is 0 Å². The summed E-state index contributed by atoms with van der Waals surface area (Å²) in [6.45, 7) is 0.863. The van der Waals surface area contributed by atoms with Gasteiger partial charge in [-0.3, -0.25) is 0 Å². The highest BCUT2D eigenvalue weighted by atomic mass is 32.2. The van der Waals surface area contributed by atoms with E-state index in [1.54, 1.807) is 0 Å². The molecule has 2 unspecified atom stereocenters. The highest BCUT2D eigenvalue weighted by Gasteiger charge is 2.20. The lowest BCUT2D eigenvalue weighted by Gasteiger charge is -2.24. The van der Waals surface area contributed by atoms with Crippen molar-refractivity contribution in [1.29, 1.82) is 0 Å². The Labute approximate surface area is 64.2 Å². The highest BCUT2D eigenvalue weighted by Crippen LogP contribution is 2.13. The minimum absolute atomic E-state index is 0.233. The summed E-state index contributed by atoms with van der Waals surface area (Å²) in [6.07, 6.45) is 6.19. The molecule has 0 aromatic heterocycles. The van der Waals surface area contributed by atoms with Gasteiger partial charge >= 0.3 is 0 Å². The molecule has 0 amide bonds. The second-order valence-electron chi connectivity index (χ2n) is 2.49. The Balaban J connectivity index is 2.50. The van der Waals surface area contributed by atoms with Crippen molar-refractivity contribution in [2.45, 2.75) is 6.42 Å². The normalized spacial score (nSPS) is 35.2. The Morgan fingerprint density at radius 2 is 2.50 bits per heavy atom. The van der Waals surface area contributed by atoms with E-state index in [9.17, 15) is 4.21 Å². The number of rotatable bonds is 0. The number of hydrogen-bond acceptors (Lipinski definition) is 1. The lowest BCUT2D eigenvalue weighted by atomic mass is 10.1. The quantitative estimate of drug-likeness (QED) is 0.461. The van der Waals surface area contributed by atoms with Crippen molar-refractivity contribution in [1.82, 2.24) is 4.31 Å². The molecule has 1 heterocycles. The fourth-order valence-corrected chi connectivity index (χ4v) is 2.12. The molecular weight excluding hydrogens is 146 g/mol. The van der Waals surface area contributed by atoms with Crippen molar-refractivity contribution in [3.8, 4) is 12.3 Å². The predicted octanol–water partition coefficient (Wildman–Crippen LogP) is 0.235. The largest absolute Gasteiger partial charge is 0.243 e. The van der Waals surface area contributed by atoms with E-state index in [0.29, 0.717) is 5.75 Å². The van der Waals surface area contributed by atoms with Crippen LogP contribution >= 0.6 is 0 Å². The first-order chi connectivity index (χ1) is 4.74. The maximum atomic E-state index is 11.1. The summed E-state index contributed by atoms with van der Waals surface area (Å²) >= 11 is 0. The van der Waals surface area contributed by atoms with Crippen molar-refractivity contribution in [2.75, 3.05) is 19.3 Å². The summed E-state index contributed by atoms with van der Waals surface area (Å²) in [5, 5.41) is 0. The molecule has 10 heavy (non-hydrogen) atoms. The van der Waals surface area contributed by atoms with E-state index in [2.05, 4.69) is 5.92 Å². The van der Waals surface area contributed by atoms with Gasteiger partial charge in [0.05, 0.1) is 16.7 Å². The second-order valence-corrected chi connectivity index (χ2v) is 4.09. The third-order valence-corrected chi connectivity index (χ3v) is 3.28. The zero-order valence-electron chi connectivity index (χ0n) is 6.04. The van der Waals surface area contributed by atoms with E-state index in [0.717, 1.165) is 13.0 Å². The van der Waals surface area contributed by atoms with Crippen LogP contribution in [-0.2, 0) is 11.0 Å². The fourth-order valence-electron chi connectivity index (χ4n) is 0.954. The van der Waals surface area contributed by atoms with E-state index in [1.165, 1.54) is 0 Å². The first-order valence-electron chi connectivity index (χ1n) is 3.30. The van der Waals surface area contributed by atoms with Crippen LogP contribution in [0.1, 0.15) is 6.42 Å². The summed E-state index contributed by atoms with van der Waals surface area (Å²) in [5.74, 6) is 3.51. The summed E-state index contributed by atoms with van der Waals surface area (Å²) in [7, 11) is 1.04. The first kappa shape index (κ1) is 7.77. The molecule has 1 saturated heterocycles. The molecule has 0 radical (unpaired) electrons. The molecular formula is C7H11NOS. The van der Waals surface area contributed by atoms with E-state index in [4.69, 9.17) is 6.42 Å². The molecule has 1 aliphatic heterocycles. The van der Waals surface area contributed by atoms with Gasteiger partial charge in [0.15, 0.2) is 0 Å². The standard InChI is InChI=1S/C7H11NOS/c1-3-7-4-5-8(2)10(9)6-7/h1,7H,4-6H2,2H3. The molecule has 1 rings (SSSR count). The van der Waals surface area contributed by atoms with Crippen LogP contribution in [0.2, 0.25) is 0 Å². The average molecular weight is 157 g/mol. The summed E-state index contributed by atoms with van der Waals surface area (Å²) < 4.78 is 12.9. The van der Waals surface area contributed by atoms with Gasteiger partial charge in [0.25, 0.3) is 0 Å². The minimum Gasteiger partial charge on any atom is -0.243 e. The Morgan fingerprint density at radius 3 is 3.00 bits per heavy atom. The number of hydrogen-bond donors (Lipinski definition) is 0. The molecule has 2 nitrogen and oxygen atoms in total. The fraction of sp³-hybridized carbons (Fsp3) is 0.714. The second kappa shape index (κ2) is 3.18. The third kappa shape index (κ3) is 1.59. The van der Waals surface area contributed by atoms with Gasteiger partial charge in [-0.2, -0.15) is 0 Å². The minimum atomic E-state index is -0.824. The molecule has 2 atom stereocenters. The van der Waals surface area contributed by atoms with Crippen molar-refractivity contribution in [2.24, 2.45) is 5.92 Å². The topological polar surface area (TPSA) is 20.3 Å². The van der Waals surface area contributed by atoms with Crippen LogP contribution in [0.15, 0.2) is 0 Å². The third-order valence-electron chi connectivity index (χ3n) is 1.72. The van der Waals surface area contributed by atoms with Crippen LogP contribution < -0.4 is 0 Å². The SMILES string of the molecule is C#CC1CCN(C)S(=O)C1. The smallest absolute Gasteiger partial charge is 0.0952 e. The molecule has 0 saturated carbocycles. The molecule has 56 valence electrons. The molecule has 0 spiro atoms. The maximum Gasteiger partial charge on any atom is 0.0952 e. The van der Waals surface area contributed by atoms with Crippen molar-refractivity contribution < 1.29 is 4.21 Å². The van der Waals surface area contributed by atoms with Gasteiger partial charge in [-0.1, -0.05) is 0 Å². The summed E-state index contributed by atoms with van der Waals surface area (Å²) in [5.41, 5.74) is 0. The van der Waals surface area contributed by atoms with E-state index in [1.807, 2.05) is 11.4 Å². The van der Waals surface area contributed by atoms with E-state index in [-0.39, 0.29) is 5.92 Å². The molecule has 0 bridgehead atoms. The zero-order chi connectivity index (χ0) is 7.56. The van der Waals surface area contributed by atoms with E-state index >= 15 is 0 Å². The van der Waals surface area contributed by atoms with Gasteiger partial charge in [0.2, 0.25) is 0 Å². The molecule has 0 aromatic rings. The maximum absolute atomic E-state index is 11.1. The summed E-state index contributed by atoms with van der Waals surface area (Å²) in [6, 6.07) is 0. The lowest BCUT2D eigenvalue weighted by Crippen LogP contribution is -2.34. The molecule has 0 N–H and O–H groups in total. The molecule has 1 aliphatic rings. The van der Waals surface area contributed by atoms with Crippen LogP contribution in [-0.4, -0.2) is 27.9 Å². The van der Waals surface area contributed by atoms with Gasteiger partial charge in [-0.05, 0) is 13.5 Å². The summed E-state index contributed by atoms with van der Waals surface area (Å²) in [4.78, 5) is 0. The van der Waals surface area contributed by atoms with Gasteiger partial charge in [-0.15, -0.1) is 12.3 Å². The predicted molar refractivity (Wildman–Crippen MR) is 42.6 cm³/mol. The molecule has 3 heteroatoms. The number of terminal acetylenes is 1. The van der Waals surface area contributed by atoms with Gasteiger partial charge in [-0.25, -0.2) is 8.51 Å². The Kier molecular flexibility index (Phi) is 2.47. The Morgan fingerprint density at radius 1 is 1.80 bits per heavy atom. The van der Waals surface area contributed by atoms with Crippen molar-refractivity contribution >= 4 is 11.0 Å². The highest BCUT2D eigenvalue weighted by molar-refractivity contribution is 7.82. The monoisotopic (exact) mass is 157 g/mol. The molecule has 0 aromatic carbocycles. The average Bonchev–Trinajstić information content (AvgIpc) is 1.95. The zero-order valence-corrected chi connectivity index (χ0v) is 6.86. The van der Waals surface area contributed by atoms with Gasteiger partial charge < -0.3 is 0 Å². The number of nitrogens with zero attached hydrogens (tertiary/aromatic N) is 1. The lowest BCUT2D eigenvalue weighted by molar-refractivity contribution is 0.447. The van der Waals surface area contributed by atoms with Crippen LogP contribution in [0, 0.1) is 18.3 Å². The first-order valence-corrected chi connectivity index (χ1v) is 4.57. The Hall–Kier alpha value is -0.330. The van der Waals surface area contributed by atoms with Crippen LogP contribution in [0.4, 0.5) is 0 Å². The van der Waals surface area contributed by atoms with Gasteiger partial charge in [0.1, 0.15) is 0 Å².